The van der Waals surface area contributed by atoms with E-state index < -0.39 is 36.7 Å². The fourth-order valence-corrected chi connectivity index (χ4v) is 5.04. The summed E-state index contributed by atoms with van der Waals surface area (Å²) in [7, 11) is 0. The van der Waals surface area contributed by atoms with E-state index in [9.17, 15) is 4.79 Å². The fraction of sp³-hybridized carbons (Fsp3) is 0.310. The largest absolute Gasteiger partial charge is 0.452 e. The van der Waals surface area contributed by atoms with Crippen LogP contribution in [0.3, 0.4) is 0 Å². The standard InChI is InChI=1S/C29H26Cl2O7S/c1-17-7-9-19(10-8-17)28(32)35-24-16-33-23-15-34-25(13-18-5-3-2-4-6-18)37-26(23)27(24)38-29(39)36-22-12-11-20(30)14-21(22)31/h2-12,14,23-27H,13,15-16H2,1H3/t23-,24?,25?,26-,27?/m1/s1. The maximum Gasteiger partial charge on any atom is 0.358 e. The molecule has 39 heavy (non-hydrogen) atoms. The third kappa shape index (κ3) is 7.08. The van der Waals surface area contributed by atoms with Crippen molar-refractivity contribution in [2.45, 2.75) is 44.1 Å². The number of rotatable bonds is 6. The lowest BCUT2D eigenvalue weighted by molar-refractivity contribution is -0.307. The van der Waals surface area contributed by atoms with Gasteiger partial charge < -0.3 is 28.4 Å². The van der Waals surface area contributed by atoms with Gasteiger partial charge in [-0.2, -0.15) is 0 Å². The van der Waals surface area contributed by atoms with Crippen LogP contribution in [-0.2, 0) is 30.1 Å². The number of carbonyl (C=O) groups is 1. The summed E-state index contributed by atoms with van der Waals surface area (Å²) in [5.74, 6) is -0.242. The van der Waals surface area contributed by atoms with E-state index >= 15 is 0 Å². The second-order valence-corrected chi connectivity index (χ2v) is 10.4. The number of thiocarbonyl (C=S) groups is 1. The van der Waals surface area contributed by atoms with Crippen LogP contribution in [0.15, 0.2) is 72.8 Å². The van der Waals surface area contributed by atoms with Gasteiger partial charge in [0.2, 0.25) is 0 Å². The molecule has 2 aliphatic heterocycles. The highest BCUT2D eigenvalue weighted by Gasteiger charge is 2.49. The minimum Gasteiger partial charge on any atom is -0.452 e. The molecular weight excluding hydrogens is 563 g/mol. The monoisotopic (exact) mass is 588 g/mol. The van der Waals surface area contributed by atoms with Crippen LogP contribution in [0.4, 0.5) is 0 Å². The summed E-state index contributed by atoms with van der Waals surface area (Å²) in [4.78, 5) is 13.0. The first-order chi connectivity index (χ1) is 18.9. The molecule has 0 aliphatic carbocycles. The van der Waals surface area contributed by atoms with Crippen molar-refractivity contribution in [2.24, 2.45) is 0 Å². The molecule has 0 saturated carbocycles. The van der Waals surface area contributed by atoms with Crippen LogP contribution in [0.2, 0.25) is 10.0 Å². The summed E-state index contributed by atoms with van der Waals surface area (Å²) < 4.78 is 35.9. The molecule has 2 fully saturated rings. The Hall–Kier alpha value is -2.72. The summed E-state index contributed by atoms with van der Waals surface area (Å²) in [6.45, 7) is 2.28. The topological polar surface area (TPSA) is 72.5 Å². The number of fused-ring (bicyclic) bond motifs is 1. The van der Waals surface area contributed by atoms with Crippen LogP contribution < -0.4 is 4.74 Å². The number of hydrogen-bond donors (Lipinski definition) is 0. The molecule has 5 rings (SSSR count). The van der Waals surface area contributed by atoms with Gasteiger partial charge in [0.05, 0.1) is 23.8 Å². The summed E-state index contributed by atoms with van der Waals surface area (Å²) in [6.07, 6.45) is -2.82. The lowest BCUT2D eigenvalue weighted by atomic mass is 9.98. The Morgan fingerprint density at radius 3 is 2.49 bits per heavy atom. The van der Waals surface area contributed by atoms with E-state index in [4.69, 9.17) is 63.8 Å². The van der Waals surface area contributed by atoms with Crippen molar-refractivity contribution in [1.82, 2.24) is 0 Å². The first kappa shape index (κ1) is 27.8. The van der Waals surface area contributed by atoms with Crippen LogP contribution >= 0.6 is 35.4 Å². The first-order valence-corrected chi connectivity index (χ1v) is 13.6. The van der Waals surface area contributed by atoms with E-state index in [1.807, 2.05) is 49.4 Å². The number of aryl methyl sites for hydroxylation is 1. The molecule has 0 amide bonds. The highest BCUT2D eigenvalue weighted by molar-refractivity contribution is 7.79. The van der Waals surface area contributed by atoms with E-state index in [1.54, 1.807) is 24.3 Å². The zero-order valence-corrected chi connectivity index (χ0v) is 23.3. The minimum atomic E-state index is -0.835. The van der Waals surface area contributed by atoms with Crippen molar-refractivity contribution in [3.63, 3.8) is 0 Å². The van der Waals surface area contributed by atoms with Crippen molar-refractivity contribution in [1.29, 1.82) is 0 Å². The van der Waals surface area contributed by atoms with Crippen molar-refractivity contribution >= 4 is 46.6 Å². The van der Waals surface area contributed by atoms with E-state index in [-0.39, 0.29) is 29.2 Å². The lowest BCUT2D eigenvalue weighted by Gasteiger charge is -2.45. The number of esters is 1. The number of carbonyl (C=O) groups excluding carboxylic acids is 1. The van der Waals surface area contributed by atoms with Crippen molar-refractivity contribution in [3.05, 3.63) is 99.5 Å². The van der Waals surface area contributed by atoms with Gasteiger partial charge in [-0.3, -0.25) is 0 Å². The Morgan fingerprint density at radius 2 is 1.74 bits per heavy atom. The minimum absolute atomic E-state index is 0.0593. The Bertz CT molecular complexity index is 1300. The summed E-state index contributed by atoms with van der Waals surface area (Å²) >= 11 is 17.6. The SMILES string of the molecule is Cc1ccc(C(=O)OC2CO[C@@H]3COC(Cc4ccccc4)O[C@H]3C2OC(=S)Oc2ccc(Cl)cc2Cl)cc1. The predicted molar refractivity (Wildman–Crippen MR) is 149 cm³/mol. The molecule has 0 radical (unpaired) electrons. The Morgan fingerprint density at radius 1 is 0.974 bits per heavy atom. The summed E-state index contributed by atoms with van der Waals surface area (Å²) in [5, 5.41) is 0.511. The number of benzene rings is 3. The highest BCUT2D eigenvalue weighted by Crippen LogP contribution is 2.32. The van der Waals surface area contributed by atoms with Gasteiger partial charge >= 0.3 is 11.2 Å². The summed E-state index contributed by atoms with van der Waals surface area (Å²) in [6, 6.07) is 21.7. The van der Waals surface area contributed by atoms with Gasteiger partial charge in [0.25, 0.3) is 0 Å². The summed E-state index contributed by atoms with van der Waals surface area (Å²) in [5.41, 5.74) is 2.48. The molecular formula is C29H26Cl2O7S. The third-order valence-electron chi connectivity index (χ3n) is 6.40. The molecule has 3 unspecified atom stereocenters. The second kappa shape index (κ2) is 12.6. The van der Waals surface area contributed by atoms with Crippen LogP contribution in [0.25, 0.3) is 0 Å². The Kier molecular flexibility index (Phi) is 9.02. The third-order valence-corrected chi connectivity index (χ3v) is 7.11. The molecule has 2 heterocycles. The van der Waals surface area contributed by atoms with E-state index in [1.165, 1.54) is 6.07 Å². The van der Waals surface area contributed by atoms with Crippen LogP contribution in [0.1, 0.15) is 21.5 Å². The molecule has 204 valence electrons. The van der Waals surface area contributed by atoms with Crippen molar-refractivity contribution in [2.75, 3.05) is 13.2 Å². The predicted octanol–water partition coefficient (Wildman–Crippen LogP) is 5.96. The van der Waals surface area contributed by atoms with Gasteiger partial charge in [0, 0.05) is 23.7 Å². The van der Waals surface area contributed by atoms with E-state index in [0.717, 1.165) is 11.1 Å². The van der Waals surface area contributed by atoms with Gasteiger partial charge in [-0.15, -0.1) is 0 Å². The van der Waals surface area contributed by atoms with Gasteiger partial charge in [0.1, 0.15) is 12.2 Å². The molecule has 7 nitrogen and oxygen atoms in total. The zero-order valence-electron chi connectivity index (χ0n) is 21.0. The first-order valence-electron chi connectivity index (χ1n) is 12.4. The maximum absolute atomic E-state index is 13.0. The molecule has 2 aliphatic rings. The number of hydrogen-bond acceptors (Lipinski definition) is 8. The lowest BCUT2D eigenvalue weighted by Crippen LogP contribution is -2.61. The molecule has 5 atom stereocenters. The molecule has 0 aromatic heterocycles. The van der Waals surface area contributed by atoms with Gasteiger partial charge in [-0.1, -0.05) is 71.2 Å². The average molecular weight is 589 g/mol. The molecule has 3 aromatic carbocycles. The molecule has 0 bridgehead atoms. The normalized spacial score (nSPS) is 24.3. The van der Waals surface area contributed by atoms with E-state index in [0.29, 0.717) is 17.0 Å². The second-order valence-electron chi connectivity index (χ2n) is 9.24. The Labute approximate surface area is 241 Å². The zero-order chi connectivity index (χ0) is 27.4. The van der Waals surface area contributed by atoms with Gasteiger partial charge in [-0.25, -0.2) is 4.79 Å². The van der Waals surface area contributed by atoms with Crippen LogP contribution in [0, 0.1) is 6.92 Å². The van der Waals surface area contributed by atoms with Gasteiger partial charge in [0.15, 0.2) is 24.2 Å². The number of halogens is 2. The highest BCUT2D eigenvalue weighted by atomic mass is 35.5. The molecule has 3 aromatic rings. The smallest absolute Gasteiger partial charge is 0.358 e. The average Bonchev–Trinajstić information content (AvgIpc) is 2.92. The molecule has 0 spiro atoms. The molecule has 0 N–H and O–H groups in total. The molecule has 10 heteroatoms. The Balaban J connectivity index is 1.35. The van der Waals surface area contributed by atoms with Crippen molar-refractivity contribution < 1.29 is 33.2 Å². The van der Waals surface area contributed by atoms with Crippen LogP contribution in [0.5, 0.6) is 5.75 Å². The van der Waals surface area contributed by atoms with Crippen molar-refractivity contribution in [3.8, 4) is 5.75 Å². The van der Waals surface area contributed by atoms with Crippen LogP contribution in [-0.4, -0.2) is 55.1 Å². The number of ether oxygens (including phenoxy) is 6. The maximum atomic E-state index is 13.0. The molecule has 2 saturated heterocycles. The van der Waals surface area contributed by atoms with Gasteiger partial charge in [-0.05, 0) is 42.8 Å². The quantitative estimate of drug-likeness (QED) is 0.258. The fourth-order valence-electron chi connectivity index (χ4n) is 4.39. The van der Waals surface area contributed by atoms with E-state index in [2.05, 4.69) is 0 Å².